The molecule has 1 saturated carbocycles. The lowest BCUT2D eigenvalue weighted by atomic mass is 10.1. The van der Waals surface area contributed by atoms with Crippen LogP contribution in [0.1, 0.15) is 38.5 Å². The molecule has 0 spiro atoms. The van der Waals surface area contributed by atoms with Crippen molar-refractivity contribution in [2.24, 2.45) is 0 Å². The molecule has 1 aliphatic heterocycles. The quantitative estimate of drug-likeness (QED) is 0.589. The van der Waals surface area contributed by atoms with Crippen molar-refractivity contribution in [3.63, 3.8) is 0 Å². The summed E-state index contributed by atoms with van der Waals surface area (Å²) < 4.78 is 33.2. The monoisotopic (exact) mass is 412 g/mol. The predicted octanol–water partition coefficient (Wildman–Crippen LogP) is 2.30. The number of thioether (sulfide) groups is 1. The topological polar surface area (TPSA) is 92.8 Å². The predicted molar refractivity (Wildman–Crippen MR) is 103 cm³/mol. The van der Waals surface area contributed by atoms with Crippen LogP contribution < -0.4 is 9.62 Å². The molecular weight excluding hydrogens is 388 g/mol. The van der Waals surface area contributed by atoms with Crippen LogP contribution in [0.4, 0.5) is 5.69 Å². The molecule has 1 N–H and O–H groups in total. The van der Waals surface area contributed by atoms with Crippen LogP contribution in [0.2, 0.25) is 0 Å². The van der Waals surface area contributed by atoms with Gasteiger partial charge in [-0.2, -0.15) is 0 Å². The van der Waals surface area contributed by atoms with Gasteiger partial charge in [-0.3, -0.25) is 14.5 Å². The summed E-state index contributed by atoms with van der Waals surface area (Å²) in [6.45, 7) is -0.234. The second-order valence-corrected chi connectivity index (χ2v) is 9.52. The van der Waals surface area contributed by atoms with Gasteiger partial charge in [0.1, 0.15) is 6.54 Å². The Morgan fingerprint density at radius 3 is 2.63 bits per heavy atom. The molecular formula is C18H24N2O5S2. The Bertz CT molecular complexity index is 817. The first kappa shape index (κ1) is 20.2. The summed E-state index contributed by atoms with van der Waals surface area (Å²) in [6, 6.07) is 4.66. The van der Waals surface area contributed by atoms with Crippen molar-refractivity contribution in [2.45, 2.75) is 54.4 Å². The number of nitrogens with zero attached hydrogens (tertiary/aromatic N) is 1. The van der Waals surface area contributed by atoms with Crippen LogP contribution in [0, 0.1) is 0 Å². The number of methoxy groups -OCH3 is 1. The van der Waals surface area contributed by atoms with E-state index < -0.39 is 16.0 Å². The van der Waals surface area contributed by atoms with Gasteiger partial charge in [0, 0.05) is 10.9 Å². The van der Waals surface area contributed by atoms with E-state index in [2.05, 4.69) is 9.46 Å². The standard InChI is InChI=1S/C18H24N2O5S2/c1-25-18(22)11-20-15-10-14(8-9-16(15)26-12-17(20)21)27(23,24)19-13-6-4-2-3-5-7-13/h8-10,13,19H,2-7,11-12H2,1H3. The smallest absolute Gasteiger partial charge is 0.325 e. The minimum atomic E-state index is -3.70. The summed E-state index contributed by atoms with van der Waals surface area (Å²) in [7, 11) is -2.44. The number of ether oxygens (including phenoxy) is 1. The molecule has 3 rings (SSSR count). The Morgan fingerprint density at radius 2 is 1.96 bits per heavy atom. The Kier molecular flexibility index (Phi) is 6.44. The summed E-state index contributed by atoms with van der Waals surface area (Å²) in [4.78, 5) is 26.1. The molecule has 27 heavy (non-hydrogen) atoms. The molecule has 7 nitrogen and oxygen atoms in total. The van der Waals surface area contributed by atoms with Crippen molar-refractivity contribution in [3.8, 4) is 0 Å². The number of anilines is 1. The summed E-state index contributed by atoms with van der Waals surface area (Å²) in [6.07, 6.45) is 6.00. The van der Waals surface area contributed by atoms with Gasteiger partial charge in [0.15, 0.2) is 0 Å². The number of sulfonamides is 1. The number of hydrogen-bond donors (Lipinski definition) is 1. The maximum Gasteiger partial charge on any atom is 0.325 e. The van der Waals surface area contributed by atoms with Gasteiger partial charge < -0.3 is 4.74 Å². The molecule has 1 aliphatic carbocycles. The summed E-state index contributed by atoms with van der Waals surface area (Å²) >= 11 is 1.33. The van der Waals surface area contributed by atoms with Gasteiger partial charge in [-0.25, -0.2) is 13.1 Å². The van der Waals surface area contributed by atoms with E-state index in [0.29, 0.717) is 5.69 Å². The number of rotatable bonds is 5. The van der Waals surface area contributed by atoms with Crippen molar-refractivity contribution < 1.29 is 22.7 Å². The Morgan fingerprint density at radius 1 is 1.26 bits per heavy atom. The minimum Gasteiger partial charge on any atom is -0.468 e. The highest BCUT2D eigenvalue weighted by Gasteiger charge is 2.29. The minimum absolute atomic E-state index is 0.0595. The van der Waals surface area contributed by atoms with Crippen LogP contribution in [0.25, 0.3) is 0 Å². The van der Waals surface area contributed by atoms with Crippen LogP contribution in [0.5, 0.6) is 0 Å². The van der Waals surface area contributed by atoms with E-state index in [9.17, 15) is 18.0 Å². The SMILES string of the molecule is COC(=O)CN1C(=O)CSc2ccc(S(=O)(=O)NC3CCCCCC3)cc21. The van der Waals surface area contributed by atoms with Gasteiger partial charge in [-0.1, -0.05) is 25.7 Å². The van der Waals surface area contributed by atoms with Crippen LogP contribution in [-0.2, 0) is 24.3 Å². The summed E-state index contributed by atoms with van der Waals surface area (Å²) in [5.41, 5.74) is 0.436. The third-order valence-electron chi connectivity index (χ3n) is 4.88. The first-order valence-corrected chi connectivity index (χ1v) is 11.5. The van der Waals surface area contributed by atoms with E-state index in [1.807, 2.05) is 0 Å². The molecule has 1 fully saturated rings. The van der Waals surface area contributed by atoms with Gasteiger partial charge in [0.05, 0.1) is 23.4 Å². The van der Waals surface area contributed by atoms with E-state index in [1.54, 1.807) is 12.1 Å². The molecule has 1 aromatic carbocycles. The number of hydrogen-bond acceptors (Lipinski definition) is 6. The first-order chi connectivity index (χ1) is 12.9. The van der Waals surface area contributed by atoms with Crippen molar-refractivity contribution in [1.29, 1.82) is 0 Å². The highest BCUT2D eigenvalue weighted by atomic mass is 32.2. The summed E-state index contributed by atoms with van der Waals surface area (Å²) in [5, 5.41) is 0. The zero-order valence-electron chi connectivity index (χ0n) is 15.3. The molecule has 0 bridgehead atoms. The van der Waals surface area contributed by atoms with Crippen LogP contribution >= 0.6 is 11.8 Å². The number of amides is 1. The first-order valence-electron chi connectivity index (χ1n) is 9.07. The largest absolute Gasteiger partial charge is 0.468 e. The molecule has 9 heteroatoms. The van der Waals surface area contributed by atoms with Gasteiger partial charge >= 0.3 is 5.97 Å². The second kappa shape index (κ2) is 8.62. The average molecular weight is 413 g/mol. The van der Waals surface area contributed by atoms with Crippen LogP contribution in [0.15, 0.2) is 28.0 Å². The van der Waals surface area contributed by atoms with Gasteiger partial charge in [0.2, 0.25) is 15.9 Å². The highest BCUT2D eigenvalue weighted by Crippen LogP contribution is 2.37. The normalized spacial score (nSPS) is 18.7. The summed E-state index contributed by atoms with van der Waals surface area (Å²) in [5.74, 6) is -0.591. The number of carbonyl (C=O) groups excluding carboxylic acids is 2. The maximum atomic E-state index is 12.9. The van der Waals surface area contributed by atoms with Gasteiger partial charge in [0.25, 0.3) is 0 Å². The number of nitrogens with one attached hydrogen (secondary N) is 1. The van der Waals surface area contributed by atoms with E-state index in [4.69, 9.17) is 0 Å². The molecule has 0 aromatic heterocycles. The van der Waals surface area contributed by atoms with Gasteiger partial charge in [-0.05, 0) is 31.0 Å². The molecule has 0 unspecified atom stereocenters. The lowest BCUT2D eigenvalue weighted by Crippen LogP contribution is -2.40. The highest BCUT2D eigenvalue weighted by molar-refractivity contribution is 8.00. The van der Waals surface area contributed by atoms with Crippen LogP contribution in [-0.4, -0.2) is 45.7 Å². The van der Waals surface area contributed by atoms with Crippen molar-refractivity contribution in [1.82, 2.24) is 4.72 Å². The fourth-order valence-electron chi connectivity index (χ4n) is 3.40. The van der Waals surface area contributed by atoms with E-state index in [0.717, 1.165) is 43.4 Å². The van der Waals surface area contributed by atoms with Crippen molar-refractivity contribution >= 4 is 39.3 Å². The Labute approximate surface area is 163 Å². The van der Waals surface area contributed by atoms with Gasteiger partial charge in [-0.15, -0.1) is 11.8 Å². The zero-order valence-corrected chi connectivity index (χ0v) is 16.9. The molecule has 1 amide bonds. The van der Waals surface area contributed by atoms with Crippen molar-refractivity contribution in [3.05, 3.63) is 18.2 Å². The Hall–Kier alpha value is -1.58. The molecule has 0 atom stereocenters. The van der Waals surface area contributed by atoms with Crippen molar-refractivity contribution in [2.75, 3.05) is 24.3 Å². The number of carbonyl (C=O) groups is 2. The average Bonchev–Trinajstić information content (AvgIpc) is 2.91. The molecule has 0 radical (unpaired) electrons. The number of benzene rings is 1. The zero-order chi connectivity index (χ0) is 19.4. The fourth-order valence-corrected chi connectivity index (χ4v) is 5.64. The lowest BCUT2D eigenvalue weighted by Gasteiger charge is -2.28. The molecule has 148 valence electrons. The van der Waals surface area contributed by atoms with E-state index >= 15 is 0 Å². The van der Waals surface area contributed by atoms with E-state index in [1.165, 1.54) is 29.8 Å². The molecule has 1 aromatic rings. The third-order valence-corrected chi connectivity index (χ3v) is 7.44. The molecule has 2 aliphatic rings. The lowest BCUT2D eigenvalue weighted by molar-refractivity contribution is -0.139. The fraction of sp³-hybridized carbons (Fsp3) is 0.556. The third kappa shape index (κ3) is 4.83. The molecule has 0 saturated heterocycles. The van der Waals surface area contributed by atoms with Crippen LogP contribution in [0.3, 0.4) is 0 Å². The maximum absolute atomic E-state index is 12.9. The second-order valence-electron chi connectivity index (χ2n) is 6.78. The molecule has 1 heterocycles. The number of esters is 1. The number of fused-ring (bicyclic) bond motifs is 1. The Balaban J connectivity index is 1.86. The van der Waals surface area contributed by atoms with E-state index in [-0.39, 0.29) is 29.1 Å².